The van der Waals surface area contributed by atoms with E-state index in [9.17, 15) is 0 Å². The Morgan fingerprint density at radius 1 is 0.440 bits per heavy atom. The Kier molecular flexibility index (Phi) is 6.42. The standard InChI is InChI=1S/C45H28N4O/c1-3-9-33-25-35(15-13-29(33)7-1)31-17-21-37(22-18-31)49(38-23-19-32(20-24-38)36-16-14-30-8-2-4-10-34(30)26-36)43-27-42-39(28-46-43)44-45(50-42)48-41-12-6-5-11-40(41)47-44/h1-28H. The first kappa shape index (κ1) is 28.2. The van der Waals surface area contributed by atoms with Crippen LogP contribution in [0.25, 0.3) is 77.0 Å². The number of nitrogens with zero attached hydrogens (tertiary/aromatic N) is 4. The first-order valence-corrected chi connectivity index (χ1v) is 16.7. The number of furan rings is 1. The molecule has 0 atom stereocenters. The maximum absolute atomic E-state index is 6.31. The number of pyridine rings is 1. The summed E-state index contributed by atoms with van der Waals surface area (Å²) in [6.07, 6.45) is 1.85. The van der Waals surface area contributed by atoms with E-state index in [0.29, 0.717) is 16.8 Å². The average Bonchev–Trinajstić information content (AvgIpc) is 3.53. The lowest BCUT2D eigenvalue weighted by molar-refractivity contribution is 0.654. The summed E-state index contributed by atoms with van der Waals surface area (Å²) in [6, 6.07) is 57.3. The smallest absolute Gasteiger partial charge is 0.246 e. The Hall–Kier alpha value is -6.85. The second kappa shape index (κ2) is 11.4. The molecule has 0 bridgehead atoms. The lowest BCUT2D eigenvalue weighted by Gasteiger charge is -2.24. The molecule has 0 aliphatic heterocycles. The van der Waals surface area contributed by atoms with Gasteiger partial charge in [-0.3, -0.25) is 4.90 Å². The van der Waals surface area contributed by atoms with E-state index in [1.165, 1.54) is 32.7 Å². The molecule has 5 heteroatoms. The summed E-state index contributed by atoms with van der Waals surface area (Å²) in [5, 5.41) is 5.75. The van der Waals surface area contributed by atoms with Crippen molar-refractivity contribution in [2.24, 2.45) is 0 Å². The van der Waals surface area contributed by atoms with Crippen LogP contribution in [-0.2, 0) is 0 Å². The van der Waals surface area contributed by atoms with Crippen molar-refractivity contribution in [3.63, 3.8) is 0 Å². The van der Waals surface area contributed by atoms with Crippen LogP contribution in [-0.4, -0.2) is 15.0 Å². The van der Waals surface area contributed by atoms with Crippen molar-refractivity contribution in [2.75, 3.05) is 4.90 Å². The molecule has 0 aliphatic carbocycles. The third-order valence-corrected chi connectivity index (χ3v) is 9.50. The van der Waals surface area contributed by atoms with Crippen LogP contribution in [0.4, 0.5) is 17.2 Å². The predicted octanol–water partition coefficient (Wildman–Crippen LogP) is 12.0. The Labute approximate surface area is 287 Å². The Balaban J connectivity index is 1.08. The molecule has 3 heterocycles. The molecule has 0 saturated carbocycles. The van der Waals surface area contributed by atoms with E-state index in [4.69, 9.17) is 19.4 Å². The van der Waals surface area contributed by atoms with E-state index in [1.807, 2.05) is 36.5 Å². The second-order valence-electron chi connectivity index (χ2n) is 12.6. The molecule has 0 aliphatic rings. The zero-order valence-electron chi connectivity index (χ0n) is 26.9. The molecule has 0 amide bonds. The van der Waals surface area contributed by atoms with Crippen molar-refractivity contribution < 1.29 is 4.42 Å². The molecule has 5 nitrogen and oxygen atoms in total. The third kappa shape index (κ3) is 4.83. The van der Waals surface area contributed by atoms with Gasteiger partial charge >= 0.3 is 0 Å². The van der Waals surface area contributed by atoms with Gasteiger partial charge in [0.1, 0.15) is 16.9 Å². The maximum atomic E-state index is 6.31. The van der Waals surface area contributed by atoms with Crippen molar-refractivity contribution >= 4 is 72.0 Å². The SMILES string of the molecule is c1ccc2cc(-c3ccc(N(c4ccc(-c5ccc6ccccc6c5)cc4)c4cc5oc6nc7ccccc7nc6c5cn4)cc3)ccc2c1. The van der Waals surface area contributed by atoms with Gasteiger partial charge in [0.15, 0.2) is 0 Å². The van der Waals surface area contributed by atoms with Crippen LogP contribution in [0.1, 0.15) is 0 Å². The molecule has 3 aromatic heterocycles. The molecular weight excluding hydrogens is 613 g/mol. The summed E-state index contributed by atoms with van der Waals surface area (Å²) in [4.78, 5) is 16.8. The minimum absolute atomic E-state index is 0.503. The second-order valence-corrected chi connectivity index (χ2v) is 12.6. The molecule has 0 fully saturated rings. The van der Waals surface area contributed by atoms with Gasteiger partial charge in [-0.05, 0) is 92.3 Å². The summed E-state index contributed by atoms with van der Waals surface area (Å²) < 4.78 is 6.31. The summed E-state index contributed by atoms with van der Waals surface area (Å²) in [7, 11) is 0. The molecule has 0 N–H and O–H groups in total. The van der Waals surface area contributed by atoms with Gasteiger partial charge in [-0.2, -0.15) is 0 Å². The van der Waals surface area contributed by atoms with Crippen molar-refractivity contribution in [3.05, 3.63) is 170 Å². The summed E-state index contributed by atoms with van der Waals surface area (Å²) in [6.45, 7) is 0. The van der Waals surface area contributed by atoms with E-state index < -0.39 is 0 Å². The van der Waals surface area contributed by atoms with Crippen LogP contribution in [0.3, 0.4) is 0 Å². The fraction of sp³-hybridized carbons (Fsp3) is 0. The fourth-order valence-corrected chi connectivity index (χ4v) is 6.90. The number of para-hydroxylation sites is 2. The quantitative estimate of drug-likeness (QED) is 0.187. The zero-order chi connectivity index (χ0) is 33.0. The number of aromatic nitrogens is 3. The minimum atomic E-state index is 0.503. The highest BCUT2D eigenvalue weighted by atomic mass is 16.3. The first-order chi connectivity index (χ1) is 24.7. The number of anilines is 3. The summed E-state index contributed by atoms with van der Waals surface area (Å²) >= 11 is 0. The molecular formula is C45H28N4O. The van der Waals surface area contributed by atoms with Crippen molar-refractivity contribution in [1.29, 1.82) is 0 Å². The van der Waals surface area contributed by atoms with Gasteiger partial charge in [0.05, 0.1) is 16.4 Å². The van der Waals surface area contributed by atoms with E-state index >= 15 is 0 Å². The Morgan fingerprint density at radius 3 is 1.52 bits per heavy atom. The van der Waals surface area contributed by atoms with Crippen LogP contribution >= 0.6 is 0 Å². The van der Waals surface area contributed by atoms with Gasteiger partial charge in [-0.15, -0.1) is 0 Å². The highest BCUT2D eigenvalue weighted by molar-refractivity contribution is 6.04. The molecule has 10 rings (SSSR count). The molecule has 0 spiro atoms. The molecule has 10 aromatic rings. The monoisotopic (exact) mass is 640 g/mol. The largest absolute Gasteiger partial charge is 0.436 e. The van der Waals surface area contributed by atoms with Gasteiger partial charge in [-0.25, -0.2) is 15.0 Å². The molecule has 50 heavy (non-hydrogen) atoms. The number of rotatable bonds is 5. The molecule has 7 aromatic carbocycles. The highest BCUT2D eigenvalue weighted by Crippen LogP contribution is 2.38. The van der Waals surface area contributed by atoms with Gasteiger partial charge in [-0.1, -0.05) is 109 Å². The number of hydrogen-bond donors (Lipinski definition) is 0. The molecule has 0 saturated heterocycles. The van der Waals surface area contributed by atoms with Crippen molar-refractivity contribution in [2.45, 2.75) is 0 Å². The van der Waals surface area contributed by atoms with Gasteiger partial charge in [0.25, 0.3) is 0 Å². The van der Waals surface area contributed by atoms with Gasteiger partial charge < -0.3 is 4.42 Å². The van der Waals surface area contributed by atoms with E-state index in [2.05, 4.69) is 138 Å². The topological polar surface area (TPSA) is 55.1 Å². The van der Waals surface area contributed by atoms with Crippen LogP contribution in [0.15, 0.2) is 174 Å². The lowest BCUT2D eigenvalue weighted by atomic mass is 10.0. The average molecular weight is 641 g/mol. The zero-order valence-corrected chi connectivity index (χ0v) is 26.9. The minimum Gasteiger partial charge on any atom is -0.436 e. The van der Waals surface area contributed by atoms with Crippen LogP contribution < -0.4 is 4.90 Å². The summed E-state index contributed by atoms with van der Waals surface area (Å²) in [5.74, 6) is 0.734. The molecule has 234 valence electrons. The van der Waals surface area contributed by atoms with Crippen LogP contribution in [0, 0.1) is 0 Å². The Bertz CT molecular complexity index is 2750. The van der Waals surface area contributed by atoms with E-state index in [1.54, 1.807) is 0 Å². The van der Waals surface area contributed by atoms with Crippen LogP contribution in [0.2, 0.25) is 0 Å². The Morgan fingerprint density at radius 2 is 0.940 bits per heavy atom. The van der Waals surface area contributed by atoms with Gasteiger partial charge in [0, 0.05) is 23.6 Å². The molecule has 0 radical (unpaired) electrons. The number of benzene rings is 7. The lowest BCUT2D eigenvalue weighted by Crippen LogP contribution is -2.11. The van der Waals surface area contributed by atoms with Crippen molar-refractivity contribution in [1.82, 2.24) is 15.0 Å². The summed E-state index contributed by atoms with van der Waals surface area (Å²) in [5.41, 5.74) is 10.1. The first-order valence-electron chi connectivity index (χ1n) is 16.7. The fourth-order valence-electron chi connectivity index (χ4n) is 6.90. The van der Waals surface area contributed by atoms with E-state index in [0.717, 1.165) is 44.7 Å². The normalized spacial score (nSPS) is 11.6. The third-order valence-electron chi connectivity index (χ3n) is 9.50. The molecule has 0 unspecified atom stereocenters. The highest BCUT2D eigenvalue weighted by Gasteiger charge is 2.19. The number of fused-ring (bicyclic) bond motifs is 6. The van der Waals surface area contributed by atoms with Crippen LogP contribution in [0.5, 0.6) is 0 Å². The van der Waals surface area contributed by atoms with E-state index in [-0.39, 0.29) is 0 Å². The van der Waals surface area contributed by atoms with Crippen molar-refractivity contribution in [3.8, 4) is 22.3 Å². The predicted molar refractivity (Wildman–Crippen MR) is 205 cm³/mol. The maximum Gasteiger partial charge on any atom is 0.246 e. The van der Waals surface area contributed by atoms with Gasteiger partial charge in [0.2, 0.25) is 5.71 Å². The number of hydrogen-bond acceptors (Lipinski definition) is 5.